The molecule has 0 bridgehead atoms. The highest BCUT2D eigenvalue weighted by Gasteiger charge is 2.19. The average molecular weight is 311 g/mol. The summed E-state index contributed by atoms with van der Waals surface area (Å²) in [6.45, 7) is 6.09. The molecule has 1 heterocycles. The first kappa shape index (κ1) is 14.0. The van der Waals surface area contributed by atoms with Crippen LogP contribution in [0.4, 0.5) is 0 Å². The van der Waals surface area contributed by atoms with Gasteiger partial charge in [0, 0.05) is 17.1 Å². The molecule has 2 unspecified atom stereocenters. The number of benzene rings is 1. The number of hydrogen-bond donors (Lipinski definition) is 1. The van der Waals surface area contributed by atoms with Gasteiger partial charge in [0.05, 0.1) is 0 Å². The fraction of sp³-hybridized carbons (Fsp3) is 0.600. The predicted molar refractivity (Wildman–Crippen MR) is 80.8 cm³/mol. The maximum Gasteiger partial charge on any atom is 0.0330 e. The summed E-state index contributed by atoms with van der Waals surface area (Å²) in [5, 5.41) is 3.43. The minimum Gasteiger partial charge on any atom is -0.313 e. The van der Waals surface area contributed by atoms with Gasteiger partial charge in [0.2, 0.25) is 0 Å². The molecule has 0 aromatic heterocycles. The second-order valence-electron chi connectivity index (χ2n) is 5.38. The van der Waals surface area contributed by atoms with Crippen LogP contribution in [0.5, 0.6) is 0 Å². The topological polar surface area (TPSA) is 15.3 Å². The molecular formula is C15H23BrN2. The van der Waals surface area contributed by atoms with E-state index < -0.39 is 0 Å². The zero-order chi connectivity index (χ0) is 13.0. The summed E-state index contributed by atoms with van der Waals surface area (Å²) in [6, 6.07) is 9.07. The van der Waals surface area contributed by atoms with Crippen LogP contribution in [0.1, 0.15) is 31.4 Å². The van der Waals surface area contributed by atoms with E-state index in [2.05, 4.69) is 64.4 Å². The van der Waals surface area contributed by atoms with Crippen LogP contribution in [-0.4, -0.2) is 31.6 Å². The fourth-order valence-corrected chi connectivity index (χ4v) is 3.16. The molecule has 2 nitrogen and oxygen atoms in total. The molecule has 0 amide bonds. The highest BCUT2D eigenvalue weighted by atomic mass is 79.9. The molecule has 1 saturated heterocycles. The lowest BCUT2D eigenvalue weighted by Gasteiger charge is -2.21. The number of likely N-dealkylation sites (tertiary alicyclic amines) is 1. The van der Waals surface area contributed by atoms with Gasteiger partial charge in [-0.1, -0.05) is 35.0 Å². The van der Waals surface area contributed by atoms with Crippen molar-refractivity contribution in [2.45, 2.75) is 25.8 Å². The van der Waals surface area contributed by atoms with Gasteiger partial charge in [-0.2, -0.15) is 0 Å². The van der Waals surface area contributed by atoms with Crippen molar-refractivity contribution in [3.8, 4) is 0 Å². The molecule has 1 fully saturated rings. The third-order valence-corrected chi connectivity index (χ3v) is 4.33. The summed E-state index contributed by atoms with van der Waals surface area (Å²) < 4.78 is 1.16. The monoisotopic (exact) mass is 310 g/mol. The van der Waals surface area contributed by atoms with E-state index in [4.69, 9.17) is 0 Å². The molecule has 1 N–H and O–H groups in total. The van der Waals surface area contributed by atoms with Gasteiger partial charge >= 0.3 is 0 Å². The predicted octanol–water partition coefficient (Wildman–Crippen LogP) is 3.44. The van der Waals surface area contributed by atoms with Crippen molar-refractivity contribution in [3.05, 3.63) is 34.3 Å². The molecule has 0 spiro atoms. The molecule has 1 aliphatic heterocycles. The number of nitrogens with zero attached hydrogens (tertiary/aromatic N) is 1. The Labute approximate surface area is 119 Å². The summed E-state index contributed by atoms with van der Waals surface area (Å²) in [6.07, 6.45) is 2.54. The van der Waals surface area contributed by atoms with E-state index in [1.807, 2.05) is 0 Å². The van der Waals surface area contributed by atoms with Crippen LogP contribution in [0.15, 0.2) is 28.7 Å². The Balaban J connectivity index is 1.89. The van der Waals surface area contributed by atoms with Crippen molar-refractivity contribution >= 4 is 15.9 Å². The molecule has 0 aliphatic carbocycles. The van der Waals surface area contributed by atoms with Crippen LogP contribution in [0.25, 0.3) is 0 Å². The second kappa shape index (κ2) is 6.69. The first-order chi connectivity index (χ1) is 8.69. The van der Waals surface area contributed by atoms with Crippen molar-refractivity contribution in [1.29, 1.82) is 0 Å². The average Bonchev–Trinajstić information content (AvgIpc) is 2.76. The fourth-order valence-electron chi connectivity index (χ4n) is 2.74. The van der Waals surface area contributed by atoms with Gasteiger partial charge in [-0.25, -0.2) is 0 Å². The number of hydrogen-bond acceptors (Lipinski definition) is 2. The van der Waals surface area contributed by atoms with E-state index in [9.17, 15) is 0 Å². The van der Waals surface area contributed by atoms with Gasteiger partial charge in [0.15, 0.2) is 0 Å². The normalized spacial score (nSPS) is 22.3. The zero-order valence-electron chi connectivity index (χ0n) is 11.3. The third kappa shape index (κ3) is 3.81. The van der Waals surface area contributed by atoms with E-state index in [1.54, 1.807) is 0 Å². The molecule has 1 aromatic carbocycles. The first-order valence-electron chi connectivity index (χ1n) is 6.84. The Bertz CT molecular complexity index is 381. The standard InChI is InChI=1S/C15H23BrN2/c1-12-6-8-18(11-12)9-7-15(17-2)13-4-3-5-14(16)10-13/h3-5,10,12,15,17H,6-9,11H2,1-2H3. The lowest BCUT2D eigenvalue weighted by Crippen LogP contribution is -2.26. The van der Waals surface area contributed by atoms with Gasteiger partial charge in [-0.15, -0.1) is 0 Å². The number of nitrogens with one attached hydrogen (secondary N) is 1. The van der Waals surface area contributed by atoms with Crippen LogP contribution in [0, 0.1) is 5.92 Å². The molecule has 1 aliphatic rings. The van der Waals surface area contributed by atoms with Crippen molar-refractivity contribution in [1.82, 2.24) is 10.2 Å². The molecule has 2 atom stereocenters. The second-order valence-corrected chi connectivity index (χ2v) is 6.30. The van der Waals surface area contributed by atoms with Crippen molar-refractivity contribution < 1.29 is 0 Å². The van der Waals surface area contributed by atoms with E-state index in [1.165, 1.54) is 38.0 Å². The molecule has 100 valence electrons. The molecule has 3 heteroatoms. The van der Waals surface area contributed by atoms with Crippen molar-refractivity contribution in [2.24, 2.45) is 5.92 Å². The van der Waals surface area contributed by atoms with Gasteiger partial charge < -0.3 is 10.2 Å². The van der Waals surface area contributed by atoms with E-state index in [0.717, 1.165) is 10.4 Å². The summed E-state index contributed by atoms with van der Waals surface area (Å²) in [4.78, 5) is 2.59. The summed E-state index contributed by atoms with van der Waals surface area (Å²) in [5.74, 6) is 0.879. The van der Waals surface area contributed by atoms with E-state index in [-0.39, 0.29) is 0 Å². The smallest absolute Gasteiger partial charge is 0.0330 e. The summed E-state index contributed by atoms with van der Waals surface area (Å²) in [7, 11) is 2.05. The Morgan fingerprint density at radius 3 is 2.94 bits per heavy atom. The maximum atomic E-state index is 3.55. The summed E-state index contributed by atoms with van der Waals surface area (Å²) >= 11 is 3.55. The largest absolute Gasteiger partial charge is 0.313 e. The molecule has 18 heavy (non-hydrogen) atoms. The van der Waals surface area contributed by atoms with Gasteiger partial charge in [0.25, 0.3) is 0 Å². The van der Waals surface area contributed by atoms with E-state index >= 15 is 0 Å². The van der Waals surface area contributed by atoms with Gasteiger partial charge in [-0.3, -0.25) is 0 Å². The zero-order valence-corrected chi connectivity index (χ0v) is 12.9. The molecule has 2 rings (SSSR count). The van der Waals surface area contributed by atoms with Gasteiger partial charge in [0.1, 0.15) is 0 Å². The van der Waals surface area contributed by atoms with Crippen molar-refractivity contribution in [3.63, 3.8) is 0 Å². The molecule has 0 saturated carbocycles. The minimum atomic E-state index is 0.457. The lowest BCUT2D eigenvalue weighted by atomic mass is 10.0. The van der Waals surface area contributed by atoms with Crippen LogP contribution in [0.2, 0.25) is 0 Å². The first-order valence-corrected chi connectivity index (χ1v) is 7.63. The highest BCUT2D eigenvalue weighted by Crippen LogP contribution is 2.22. The van der Waals surface area contributed by atoms with Crippen LogP contribution in [0.3, 0.4) is 0 Å². The summed E-state index contributed by atoms with van der Waals surface area (Å²) in [5.41, 5.74) is 1.37. The number of rotatable bonds is 5. The van der Waals surface area contributed by atoms with Gasteiger partial charge in [-0.05, 0) is 56.6 Å². The number of halogens is 1. The SMILES string of the molecule is CNC(CCN1CCC(C)C1)c1cccc(Br)c1. The Morgan fingerprint density at radius 2 is 2.33 bits per heavy atom. The quantitative estimate of drug-likeness (QED) is 0.896. The van der Waals surface area contributed by atoms with Crippen LogP contribution in [-0.2, 0) is 0 Å². The third-order valence-electron chi connectivity index (χ3n) is 3.84. The molecule has 0 radical (unpaired) electrons. The van der Waals surface area contributed by atoms with E-state index in [0.29, 0.717) is 6.04 Å². The Morgan fingerprint density at radius 1 is 1.50 bits per heavy atom. The van der Waals surface area contributed by atoms with Crippen LogP contribution >= 0.6 is 15.9 Å². The maximum absolute atomic E-state index is 3.55. The van der Waals surface area contributed by atoms with Crippen molar-refractivity contribution in [2.75, 3.05) is 26.7 Å². The Kier molecular flexibility index (Phi) is 5.22. The van der Waals surface area contributed by atoms with Crippen LogP contribution < -0.4 is 5.32 Å². The molecular weight excluding hydrogens is 288 g/mol. The molecule has 1 aromatic rings. The highest BCUT2D eigenvalue weighted by molar-refractivity contribution is 9.10. The minimum absolute atomic E-state index is 0.457. The lowest BCUT2D eigenvalue weighted by molar-refractivity contribution is 0.305. The Hall–Kier alpha value is -0.380.